The van der Waals surface area contributed by atoms with Crippen LogP contribution < -0.4 is 0 Å². The monoisotopic (exact) mass is 162 g/mol. The van der Waals surface area contributed by atoms with E-state index in [1.165, 1.54) is 6.07 Å². The van der Waals surface area contributed by atoms with Crippen LogP contribution in [0, 0.1) is 24.6 Å². The standard InChI is InChI=1S/C10H7FO/c1-8-9(5-3-7-12)4-2-6-10(8)11/h2,4,6-7H,1H3. The lowest BCUT2D eigenvalue weighted by Gasteiger charge is -1.97. The van der Waals surface area contributed by atoms with Crippen LogP contribution in [0.15, 0.2) is 18.2 Å². The molecule has 1 aromatic rings. The van der Waals surface area contributed by atoms with Crippen molar-refractivity contribution >= 4 is 6.29 Å². The molecule has 0 aromatic heterocycles. The van der Waals surface area contributed by atoms with Gasteiger partial charge in [-0.1, -0.05) is 12.0 Å². The molecule has 0 radical (unpaired) electrons. The molecule has 0 unspecified atom stereocenters. The van der Waals surface area contributed by atoms with Gasteiger partial charge in [-0.25, -0.2) is 4.39 Å². The van der Waals surface area contributed by atoms with Crippen molar-refractivity contribution in [3.8, 4) is 11.8 Å². The first-order valence-corrected chi connectivity index (χ1v) is 3.46. The highest BCUT2D eigenvalue weighted by Gasteiger charge is 1.98. The van der Waals surface area contributed by atoms with Gasteiger partial charge in [0.15, 0.2) is 6.29 Å². The van der Waals surface area contributed by atoms with E-state index in [0.29, 0.717) is 17.4 Å². The second kappa shape index (κ2) is 3.68. The van der Waals surface area contributed by atoms with Crippen molar-refractivity contribution < 1.29 is 9.18 Å². The van der Waals surface area contributed by atoms with Gasteiger partial charge < -0.3 is 0 Å². The zero-order valence-electron chi connectivity index (χ0n) is 6.60. The largest absolute Gasteiger partial charge is 0.289 e. The van der Waals surface area contributed by atoms with Crippen LogP contribution in [0.25, 0.3) is 0 Å². The molecule has 60 valence electrons. The van der Waals surface area contributed by atoms with Crippen molar-refractivity contribution in [1.29, 1.82) is 0 Å². The van der Waals surface area contributed by atoms with E-state index in [9.17, 15) is 9.18 Å². The van der Waals surface area contributed by atoms with E-state index >= 15 is 0 Å². The van der Waals surface area contributed by atoms with E-state index in [-0.39, 0.29) is 5.82 Å². The Balaban J connectivity index is 3.16. The normalized spacial score (nSPS) is 8.50. The maximum Gasteiger partial charge on any atom is 0.193 e. The first kappa shape index (κ1) is 8.48. The van der Waals surface area contributed by atoms with E-state index in [1.54, 1.807) is 19.1 Å². The smallest absolute Gasteiger partial charge is 0.193 e. The van der Waals surface area contributed by atoms with Crippen molar-refractivity contribution in [2.75, 3.05) is 0 Å². The molecule has 2 heteroatoms. The topological polar surface area (TPSA) is 17.1 Å². The Labute approximate surface area is 70.2 Å². The molecule has 1 aromatic carbocycles. The van der Waals surface area contributed by atoms with Gasteiger partial charge >= 0.3 is 0 Å². The number of halogens is 1. The van der Waals surface area contributed by atoms with Crippen LogP contribution >= 0.6 is 0 Å². The summed E-state index contributed by atoms with van der Waals surface area (Å²) in [4.78, 5) is 9.91. The number of hydrogen-bond donors (Lipinski definition) is 0. The van der Waals surface area contributed by atoms with E-state index in [2.05, 4.69) is 11.8 Å². The second-order valence-electron chi connectivity index (χ2n) is 2.30. The maximum atomic E-state index is 12.9. The summed E-state index contributed by atoms with van der Waals surface area (Å²) in [6, 6.07) is 4.60. The summed E-state index contributed by atoms with van der Waals surface area (Å²) in [5.41, 5.74) is 1.04. The molecule has 0 N–H and O–H groups in total. The summed E-state index contributed by atoms with van der Waals surface area (Å²) in [7, 11) is 0. The summed E-state index contributed by atoms with van der Waals surface area (Å²) in [6.45, 7) is 1.63. The van der Waals surface area contributed by atoms with E-state index in [1.807, 2.05) is 0 Å². The third-order valence-corrected chi connectivity index (χ3v) is 1.53. The summed E-state index contributed by atoms with van der Waals surface area (Å²) >= 11 is 0. The number of aldehydes is 1. The van der Waals surface area contributed by atoms with Crippen molar-refractivity contribution in [2.24, 2.45) is 0 Å². The molecule has 0 aliphatic heterocycles. The van der Waals surface area contributed by atoms with Crippen LogP contribution in [-0.2, 0) is 4.79 Å². The highest BCUT2D eigenvalue weighted by atomic mass is 19.1. The average molecular weight is 162 g/mol. The van der Waals surface area contributed by atoms with E-state index in [0.717, 1.165) is 0 Å². The van der Waals surface area contributed by atoms with Gasteiger partial charge in [-0.05, 0) is 25.0 Å². The number of benzene rings is 1. The SMILES string of the molecule is Cc1c(F)cccc1C#CC=O. The predicted molar refractivity (Wildman–Crippen MR) is 44.1 cm³/mol. The summed E-state index contributed by atoms with van der Waals surface area (Å²) in [5.74, 6) is 4.48. The molecule has 0 saturated heterocycles. The zero-order valence-corrected chi connectivity index (χ0v) is 6.60. The van der Waals surface area contributed by atoms with Crippen LogP contribution in [0.1, 0.15) is 11.1 Å². The lowest BCUT2D eigenvalue weighted by Crippen LogP contribution is -1.86. The van der Waals surface area contributed by atoms with Crippen molar-refractivity contribution in [3.05, 3.63) is 35.1 Å². The van der Waals surface area contributed by atoms with Gasteiger partial charge in [0.05, 0.1) is 0 Å². The van der Waals surface area contributed by atoms with Crippen LogP contribution in [0.2, 0.25) is 0 Å². The quantitative estimate of drug-likeness (QED) is 0.419. The Morgan fingerprint density at radius 2 is 2.25 bits per heavy atom. The number of carbonyl (C=O) groups excluding carboxylic acids is 1. The number of carbonyl (C=O) groups is 1. The van der Waals surface area contributed by atoms with E-state index in [4.69, 9.17) is 0 Å². The molecule has 0 saturated carbocycles. The minimum atomic E-state index is -0.298. The van der Waals surface area contributed by atoms with E-state index < -0.39 is 0 Å². The molecule has 1 rings (SSSR count). The molecule has 0 heterocycles. The van der Waals surface area contributed by atoms with Crippen LogP contribution in [0.3, 0.4) is 0 Å². The zero-order chi connectivity index (χ0) is 8.97. The Kier molecular flexibility index (Phi) is 2.60. The van der Waals surface area contributed by atoms with Gasteiger partial charge in [0, 0.05) is 11.1 Å². The summed E-state index contributed by atoms with van der Waals surface area (Å²) in [5, 5.41) is 0. The van der Waals surface area contributed by atoms with Crippen LogP contribution in [0.4, 0.5) is 4.39 Å². The maximum absolute atomic E-state index is 12.9. The Bertz CT molecular complexity index is 358. The van der Waals surface area contributed by atoms with Crippen molar-refractivity contribution in [1.82, 2.24) is 0 Å². The van der Waals surface area contributed by atoms with Crippen LogP contribution in [0.5, 0.6) is 0 Å². The van der Waals surface area contributed by atoms with Gasteiger partial charge in [0.2, 0.25) is 0 Å². The lowest BCUT2D eigenvalue weighted by atomic mass is 10.1. The second-order valence-corrected chi connectivity index (χ2v) is 2.30. The Morgan fingerprint density at radius 1 is 1.50 bits per heavy atom. The first-order chi connectivity index (χ1) is 5.75. The number of hydrogen-bond acceptors (Lipinski definition) is 1. The van der Waals surface area contributed by atoms with Gasteiger partial charge in [-0.2, -0.15) is 0 Å². The summed E-state index contributed by atoms with van der Waals surface area (Å²) < 4.78 is 12.9. The fourth-order valence-electron chi connectivity index (χ4n) is 0.850. The fraction of sp³-hybridized carbons (Fsp3) is 0.100. The van der Waals surface area contributed by atoms with Gasteiger partial charge in [0.25, 0.3) is 0 Å². The molecule has 0 spiro atoms. The van der Waals surface area contributed by atoms with Crippen LogP contribution in [-0.4, -0.2) is 6.29 Å². The van der Waals surface area contributed by atoms with Gasteiger partial charge in [-0.3, -0.25) is 4.79 Å². The molecule has 0 atom stereocenters. The third kappa shape index (κ3) is 1.70. The molecule has 0 amide bonds. The first-order valence-electron chi connectivity index (χ1n) is 3.46. The Hall–Kier alpha value is -1.62. The lowest BCUT2D eigenvalue weighted by molar-refractivity contribution is -0.103. The molecule has 0 aliphatic carbocycles. The molecular weight excluding hydrogens is 155 g/mol. The molecule has 0 fully saturated rings. The number of rotatable bonds is 0. The fourth-order valence-corrected chi connectivity index (χ4v) is 0.850. The Morgan fingerprint density at radius 3 is 2.92 bits per heavy atom. The van der Waals surface area contributed by atoms with Gasteiger partial charge in [-0.15, -0.1) is 0 Å². The summed E-state index contributed by atoms with van der Waals surface area (Å²) in [6.07, 6.45) is 0.490. The predicted octanol–water partition coefficient (Wildman–Crippen LogP) is 1.68. The molecule has 1 nitrogen and oxygen atoms in total. The van der Waals surface area contributed by atoms with Gasteiger partial charge in [0.1, 0.15) is 5.82 Å². The van der Waals surface area contributed by atoms with Crippen molar-refractivity contribution in [2.45, 2.75) is 6.92 Å². The highest BCUT2D eigenvalue weighted by molar-refractivity contribution is 5.74. The highest BCUT2D eigenvalue weighted by Crippen LogP contribution is 2.09. The molecule has 0 bridgehead atoms. The molecular formula is C10H7FO. The molecule has 0 aliphatic rings. The average Bonchev–Trinajstić information content (AvgIpc) is 2.08. The third-order valence-electron chi connectivity index (χ3n) is 1.53. The minimum Gasteiger partial charge on any atom is -0.289 e. The van der Waals surface area contributed by atoms with Crippen molar-refractivity contribution in [3.63, 3.8) is 0 Å². The minimum absolute atomic E-state index is 0.298. The molecule has 12 heavy (non-hydrogen) atoms.